The highest BCUT2D eigenvalue weighted by molar-refractivity contribution is 5.86. The van der Waals surface area contributed by atoms with Crippen LogP contribution in [0, 0.1) is 0 Å². The van der Waals surface area contributed by atoms with Gasteiger partial charge in [-0.15, -0.1) is 10.2 Å². The molecule has 1 saturated heterocycles. The number of nitrogens with zero attached hydrogens (tertiary/aromatic N) is 8. The van der Waals surface area contributed by atoms with E-state index in [2.05, 4.69) is 30.0 Å². The summed E-state index contributed by atoms with van der Waals surface area (Å²) in [5.41, 5.74) is 3.23. The number of piperidine rings is 1. The number of rotatable bonds is 5. The van der Waals surface area contributed by atoms with Crippen LogP contribution in [0.4, 0.5) is 5.82 Å². The number of hydrogen-bond acceptors (Lipinski definition) is 8. The van der Waals surface area contributed by atoms with Gasteiger partial charge in [-0.25, -0.2) is 19.7 Å². The molecule has 0 aliphatic carbocycles. The first-order valence-electron chi connectivity index (χ1n) is 12.0. The summed E-state index contributed by atoms with van der Waals surface area (Å²) in [5, 5.41) is 8.39. The fourth-order valence-electron chi connectivity index (χ4n) is 4.95. The smallest absolute Gasteiger partial charge is 0.326 e. The average Bonchev–Trinajstić information content (AvgIpc) is 3.58. The highest BCUT2D eigenvalue weighted by atomic mass is 16.4. The highest BCUT2D eigenvalue weighted by Crippen LogP contribution is 2.32. The topological polar surface area (TPSA) is 124 Å². The van der Waals surface area contributed by atoms with Crippen molar-refractivity contribution in [2.45, 2.75) is 52.1 Å². The summed E-state index contributed by atoms with van der Waals surface area (Å²) < 4.78 is 9.77. The van der Waals surface area contributed by atoms with Gasteiger partial charge in [-0.2, -0.15) is 0 Å². The number of aromatic amines is 1. The molecular formula is C24H27N9O2. The molecule has 1 N–H and O–H groups in total. The standard InChI is InChI=1S/C24H27N9O2/c1-4-32-20-18(28-21(32)23-30-29-22(35-23)14(2)3)19(25-13-26-20)31-11-9-15(10-12-31)33-17-8-6-5-7-16(17)27-24(33)34/h5-8,13-15H,4,9-12H2,1-3H3,(H,27,34). The SMILES string of the molecule is CCn1c(-c2nnc(C(C)C)o2)nc2c(N3CCC(n4c(=O)[nH]c5ccccc54)CC3)ncnc21. The first kappa shape index (κ1) is 21.5. The molecule has 1 aliphatic rings. The maximum absolute atomic E-state index is 12.7. The average molecular weight is 474 g/mol. The summed E-state index contributed by atoms with van der Waals surface area (Å²) in [6.45, 7) is 8.24. The fourth-order valence-corrected chi connectivity index (χ4v) is 4.95. The minimum absolute atomic E-state index is 0.0549. The van der Waals surface area contributed by atoms with Gasteiger partial charge in [-0.1, -0.05) is 26.0 Å². The van der Waals surface area contributed by atoms with Crippen LogP contribution in [0.2, 0.25) is 0 Å². The fraction of sp³-hybridized carbons (Fsp3) is 0.417. The number of aromatic nitrogens is 8. The number of benzene rings is 1. The summed E-state index contributed by atoms with van der Waals surface area (Å²) >= 11 is 0. The largest absolute Gasteiger partial charge is 0.418 e. The van der Waals surface area contributed by atoms with Gasteiger partial charge in [0.15, 0.2) is 17.0 Å². The Kier molecular flexibility index (Phi) is 5.12. The molecule has 0 radical (unpaired) electrons. The molecule has 5 aromatic rings. The third kappa shape index (κ3) is 3.49. The Hall–Kier alpha value is -4.02. The lowest BCUT2D eigenvalue weighted by molar-refractivity contribution is 0.395. The molecule has 180 valence electrons. The van der Waals surface area contributed by atoms with Crippen molar-refractivity contribution in [3.8, 4) is 11.7 Å². The van der Waals surface area contributed by atoms with E-state index in [4.69, 9.17) is 9.40 Å². The van der Waals surface area contributed by atoms with Crippen LogP contribution in [-0.2, 0) is 6.54 Å². The molecule has 35 heavy (non-hydrogen) atoms. The molecule has 11 nitrogen and oxygen atoms in total. The monoisotopic (exact) mass is 473 g/mol. The third-order valence-corrected chi connectivity index (χ3v) is 6.71. The zero-order valence-corrected chi connectivity index (χ0v) is 20.0. The molecule has 1 aromatic carbocycles. The predicted molar refractivity (Wildman–Crippen MR) is 131 cm³/mol. The van der Waals surface area contributed by atoms with Crippen molar-refractivity contribution in [1.82, 2.24) is 39.3 Å². The van der Waals surface area contributed by atoms with Gasteiger partial charge in [0.2, 0.25) is 11.7 Å². The molecule has 5 heterocycles. The lowest BCUT2D eigenvalue weighted by Crippen LogP contribution is -2.37. The molecule has 1 fully saturated rings. The first-order chi connectivity index (χ1) is 17.0. The van der Waals surface area contributed by atoms with Crippen LogP contribution in [0.5, 0.6) is 0 Å². The molecule has 0 unspecified atom stereocenters. The molecule has 0 atom stereocenters. The van der Waals surface area contributed by atoms with E-state index in [1.807, 2.05) is 54.2 Å². The van der Waals surface area contributed by atoms with Gasteiger partial charge in [0.05, 0.1) is 11.0 Å². The third-order valence-electron chi connectivity index (χ3n) is 6.71. The van der Waals surface area contributed by atoms with E-state index in [9.17, 15) is 4.79 Å². The normalized spacial score (nSPS) is 15.1. The van der Waals surface area contributed by atoms with Crippen LogP contribution < -0.4 is 10.6 Å². The van der Waals surface area contributed by atoms with Crippen LogP contribution >= 0.6 is 0 Å². The molecule has 1 aliphatic heterocycles. The van der Waals surface area contributed by atoms with Crippen molar-refractivity contribution in [3.63, 3.8) is 0 Å². The van der Waals surface area contributed by atoms with E-state index < -0.39 is 0 Å². The van der Waals surface area contributed by atoms with Crippen LogP contribution in [-0.4, -0.2) is 52.4 Å². The Bertz CT molecular complexity index is 1570. The van der Waals surface area contributed by atoms with Gasteiger partial charge in [0.25, 0.3) is 5.89 Å². The summed E-state index contributed by atoms with van der Waals surface area (Å²) in [6, 6.07) is 7.97. The molecule has 0 spiro atoms. The molecule has 0 bridgehead atoms. The second kappa shape index (κ2) is 8.33. The van der Waals surface area contributed by atoms with Crippen molar-refractivity contribution in [1.29, 1.82) is 0 Å². The van der Waals surface area contributed by atoms with Crippen LogP contribution in [0.15, 0.2) is 39.8 Å². The maximum Gasteiger partial charge on any atom is 0.326 e. The van der Waals surface area contributed by atoms with Crippen molar-refractivity contribution in [2.24, 2.45) is 0 Å². The van der Waals surface area contributed by atoms with E-state index in [0.717, 1.165) is 53.9 Å². The molecule has 4 aromatic heterocycles. The molecule has 0 saturated carbocycles. The number of hydrogen-bond donors (Lipinski definition) is 1. The first-order valence-corrected chi connectivity index (χ1v) is 12.0. The molecule has 0 amide bonds. The highest BCUT2D eigenvalue weighted by Gasteiger charge is 2.28. The number of nitrogens with one attached hydrogen (secondary N) is 1. The zero-order chi connectivity index (χ0) is 24.1. The quantitative estimate of drug-likeness (QED) is 0.411. The summed E-state index contributed by atoms with van der Waals surface area (Å²) in [6.07, 6.45) is 3.24. The van der Waals surface area contributed by atoms with Gasteiger partial charge in [-0.3, -0.25) is 4.57 Å². The van der Waals surface area contributed by atoms with Gasteiger partial charge >= 0.3 is 5.69 Å². The lowest BCUT2D eigenvalue weighted by atomic mass is 10.0. The molecule has 11 heteroatoms. The Balaban J connectivity index is 1.32. The van der Waals surface area contributed by atoms with Crippen molar-refractivity contribution < 1.29 is 4.42 Å². The van der Waals surface area contributed by atoms with E-state index in [0.29, 0.717) is 24.2 Å². The minimum Gasteiger partial charge on any atom is -0.418 e. The predicted octanol–water partition coefficient (Wildman–Crippen LogP) is 3.50. The summed E-state index contributed by atoms with van der Waals surface area (Å²) in [4.78, 5) is 31.8. The van der Waals surface area contributed by atoms with Crippen LogP contribution in [0.3, 0.4) is 0 Å². The van der Waals surface area contributed by atoms with Crippen LogP contribution in [0.1, 0.15) is 51.5 Å². The van der Waals surface area contributed by atoms with E-state index >= 15 is 0 Å². The number of para-hydroxylation sites is 2. The number of fused-ring (bicyclic) bond motifs is 2. The summed E-state index contributed by atoms with van der Waals surface area (Å²) in [5.74, 6) is 2.49. The van der Waals surface area contributed by atoms with Gasteiger partial charge in [-0.05, 0) is 31.9 Å². The van der Waals surface area contributed by atoms with Crippen LogP contribution in [0.25, 0.3) is 33.9 Å². The number of anilines is 1. The number of H-pyrrole nitrogens is 1. The van der Waals surface area contributed by atoms with Crippen molar-refractivity contribution in [3.05, 3.63) is 47.0 Å². The Morgan fingerprint density at radius 3 is 2.69 bits per heavy atom. The molecular weight excluding hydrogens is 446 g/mol. The van der Waals surface area contributed by atoms with E-state index in [1.165, 1.54) is 0 Å². The second-order valence-electron chi connectivity index (χ2n) is 9.18. The Morgan fingerprint density at radius 2 is 1.94 bits per heavy atom. The van der Waals surface area contributed by atoms with E-state index in [-0.39, 0.29) is 17.6 Å². The van der Waals surface area contributed by atoms with Gasteiger partial charge in [0, 0.05) is 31.6 Å². The molecule has 6 rings (SSSR count). The van der Waals surface area contributed by atoms with Crippen molar-refractivity contribution in [2.75, 3.05) is 18.0 Å². The van der Waals surface area contributed by atoms with Crippen molar-refractivity contribution >= 4 is 28.0 Å². The Morgan fingerprint density at radius 1 is 1.14 bits per heavy atom. The van der Waals surface area contributed by atoms with Gasteiger partial charge < -0.3 is 18.9 Å². The zero-order valence-electron chi connectivity index (χ0n) is 20.0. The Labute approximate surface area is 200 Å². The number of imidazole rings is 2. The minimum atomic E-state index is -0.0549. The van der Waals surface area contributed by atoms with E-state index in [1.54, 1.807) is 6.33 Å². The van der Waals surface area contributed by atoms with Gasteiger partial charge in [0.1, 0.15) is 6.33 Å². The maximum atomic E-state index is 12.7. The second-order valence-corrected chi connectivity index (χ2v) is 9.18. The summed E-state index contributed by atoms with van der Waals surface area (Å²) in [7, 11) is 0. The number of aryl methyl sites for hydroxylation is 1. The lowest BCUT2D eigenvalue weighted by Gasteiger charge is -2.33.